The van der Waals surface area contributed by atoms with Gasteiger partial charge in [-0.3, -0.25) is 4.79 Å². The third kappa shape index (κ3) is 5.90. The minimum Gasteiger partial charge on any atom is -0.493 e. The number of methoxy groups -OCH3 is 1. The molecule has 1 amide bonds. The van der Waals surface area contributed by atoms with E-state index in [0.29, 0.717) is 48.6 Å². The first-order valence-electron chi connectivity index (χ1n) is 9.80. The van der Waals surface area contributed by atoms with Gasteiger partial charge >= 0.3 is 0 Å². The van der Waals surface area contributed by atoms with Crippen molar-refractivity contribution in [1.29, 1.82) is 0 Å². The second-order valence-corrected chi connectivity index (χ2v) is 7.71. The molecule has 0 aromatic heterocycles. The Labute approximate surface area is 182 Å². The Morgan fingerprint density at radius 3 is 2.70 bits per heavy atom. The second kappa shape index (κ2) is 10.4. The van der Waals surface area contributed by atoms with Crippen molar-refractivity contribution < 1.29 is 19.0 Å². The van der Waals surface area contributed by atoms with Crippen LogP contribution in [0.1, 0.15) is 11.1 Å². The van der Waals surface area contributed by atoms with Crippen LogP contribution in [0.3, 0.4) is 0 Å². The number of benzene rings is 2. The van der Waals surface area contributed by atoms with Gasteiger partial charge in [-0.15, -0.1) is 0 Å². The minimum atomic E-state index is -0.0781. The van der Waals surface area contributed by atoms with E-state index in [0.717, 1.165) is 17.7 Å². The Hall–Kier alpha value is -2.70. The van der Waals surface area contributed by atoms with Gasteiger partial charge in [0, 0.05) is 30.7 Å². The number of hydrogen-bond donors (Lipinski definition) is 0. The summed E-state index contributed by atoms with van der Waals surface area (Å²) in [6, 6.07) is 11.3. The highest BCUT2D eigenvalue weighted by Gasteiger charge is 2.18. The largest absolute Gasteiger partial charge is 0.493 e. The van der Waals surface area contributed by atoms with Gasteiger partial charge < -0.3 is 24.0 Å². The van der Waals surface area contributed by atoms with E-state index in [1.807, 2.05) is 55.4 Å². The lowest BCUT2D eigenvalue weighted by atomic mass is 10.1. The Balaban J connectivity index is 1.78. The van der Waals surface area contributed by atoms with E-state index in [2.05, 4.69) is 0 Å². The van der Waals surface area contributed by atoms with E-state index >= 15 is 0 Å². The summed E-state index contributed by atoms with van der Waals surface area (Å²) in [5, 5.41) is 0.659. The Bertz CT molecular complexity index is 897. The fourth-order valence-electron chi connectivity index (χ4n) is 3.11. The van der Waals surface area contributed by atoms with Gasteiger partial charge in [-0.05, 0) is 55.6 Å². The minimum absolute atomic E-state index is 0.0781. The zero-order valence-electron chi connectivity index (χ0n) is 17.6. The topological polar surface area (TPSA) is 51.2 Å². The van der Waals surface area contributed by atoms with Crippen molar-refractivity contribution in [3.8, 4) is 17.2 Å². The van der Waals surface area contributed by atoms with Gasteiger partial charge in [-0.1, -0.05) is 23.7 Å². The van der Waals surface area contributed by atoms with Crippen LogP contribution in [0.4, 0.5) is 0 Å². The summed E-state index contributed by atoms with van der Waals surface area (Å²) >= 11 is 6.10. The molecular weight excluding hydrogens is 404 g/mol. The van der Waals surface area contributed by atoms with Crippen LogP contribution in [-0.2, 0) is 11.3 Å². The zero-order chi connectivity index (χ0) is 21.5. The summed E-state index contributed by atoms with van der Waals surface area (Å²) in [6.45, 7) is 2.83. The number of likely N-dealkylation sites (N-methyl/N-ethyl adjacent to an activating group) is 1. The number of carbonyl (C=O) groups excluding carboxylic acids is 1. The first kappa shape index (κ1) is 22.0. The molecule has 1 aliphatic heterocycles. The van der Waals surface area contributed by atoms with Crippen molar-refractivity contribution in [1.82, 2.24) is 9.80 Å². The molecule has 0 fully saturated rings. The van der Waals surface area contributed by atoms with Gasteiger partial charge in [0.05, 0.1) is 7.11 Å². The lowest BCUT2D eigenvalue weighted by Gasteiger charge is -2.23. The molecule has 0 unspecified atom stereocenters. The summed E-state index contributed by atoms with van der Waals surface area (Å²) in [6.07, 6.45) is 3.34. The third-order valence-electron chi connectivity index (χ3n) is 4.66. The summed E-state index contributed by atoms with van der Waals surface area (Å²) in [5.41, 5.74) is 1.80. The van der Waals surface area contributed by atoms with E-state index in [1.54, 1.807) is 24.2 Å². The second-order valence-electron chi connectivity index (χ2n) is 7.27. The molecule has 1 heterocycles. The molecule has 1 aliphatic rings. The van der Waals surface area contributed by atoms with Crippen LogP contribution < -0.4 is 14.2 Å². The number of amides is 1. The molecule has 30 heavy (non-hydrogen) atoms. The number of halogens is 1. The van der Waals surface area contributed by atoms with E-state index < -0.39 is 0 Å². The van der Waals surface area contributed by atoms with Crippen LogP contribution in [0.5, 0.6) is 17.2 Å². The van der Waals surface area contributed by atoms with Crippen molar-refractivity contribution in [3.63, 3.8) is 0 Å². The predicted octanol–water partition coefficient (Wildman–Crippen LogP) is 3.72. The highest BCUT2D eigenvalue weighted by atomic mass is 35.5. The summed E-state index contributed by atoms with van der Waals surface area (Å²) in [5.74, 6) is 1.73. The van der Waals surface area contributed by atoms with Crippen molar-refractivity contribution in [2.75, 3.05) is 47.5 Å². The molecular formula is C23H27ClN2O4. The number of hydrogen-bond acceptors (Lipinski definition) is 5. The highest BCUT2D eigenvalue weighted by molar-refractivity contribution is 6.30. The maximum absolute atomic E-state index is 13.0. The smallest absolute Gasteiger partial charge is 0.246 e. The molecule has 6 nitrogen and oxygen atoms in total. The molecule has 2 aromatic rings. The number of nitrogens with zero attached hydrogens (tertiary/aromatic N) is 2. The molecule has 0 bridgehead atoms. The van der Waals surface area contributed by atoms with Crippen LogP contribution in [0.25, 0.3) is 6.08 Å². The first-order chi connectivity index (χ1) is 14.5. The monoisotopic (exact) mass is 430 g/mol. The number of fused-ring (bicyclic) bond motifs is 1. The Kier molecular flexibility index (Phi) is 7.60. The SMILES string of the molecule is COc1cc(/C=C/C(=O)N(CCN(C)C)Cc2cccc(Cl)c2)cc2c1OCCO2. The van der Waals surface area contributed by atoms with E-state index in [9.17, 15) is 4.79 Å². The van der Waals surface area contributed by atoms with Crippen molar-refractivity contribution >= 4 is 23.6 Å². The molecule has 0 atom stereocenters. The van der Waals surface area contributed by atoms with Crippen LogP contribution in [0.15, 0.2) is 42.5 Å². The molecule has 3 rings (SSSR count). The Morgan fingerprint density at radius 2 is 1.97 bits per heavy atom. The van der Waals surface area contributed by atoms with Gasteiger partial charge in [-0.25, -0.2) is 0 Å². The normalized spacial score (nSPS) is 13.0. The van der Waals surface area contributed by atoms with E-state index in [-0.39, 0.29) is 5.91 Å². The first-order valence-corrected chi connectivity index (χ1v) is 10.2. The molecule has 0 aliphatic carbocycles. The van der Waals surface area contributed by atoms with Gasteiger partial charge in [0.1, 0.15) is 13.2 Å². The number of rotatable bonds is 8. The van der Waals surface area contributed by atoms with E-state index in [1.165, 1.54) is 0 Å². The molecule has 0 N–H and O–H groups in total. The standard InChI is InChI=1S/C23H27ClN2O4/c1-25(2)9-10-26(16-18-5-4-6-19(24)13-18)22(27)8-7-17-14-20(28-3)23-21(15-17)29-11-12-30-23/h4-8,13-15H,9-12,16H2,1-3H3/b8-7+. The molecule has 7 heteroatoms. The number of carbonyl (C=O) groups is 1. The fourth-order valence-corrected chi connectivity index (χ4v) is 3.32. The van der Waals surface area contributed by atoms with Crippen molar-refractivity contribution in [2.45, 2.75) is 6.54 Å². The molecule has 160 valence electrons. The maximum atomic E-state index is 13.0. The third-order valence-corrected chi connectivity index (χ3v) is 4.90. The quantitative estimate of drug-likeness (QED) is 0.597. The van der Waals surface area contributed by atoms with Crippen LogP contribution in [0, 0.1) is 0 Å². The summed E-state index contributed by atoms with van der Waals surface area (Å²) < 4.78 is 16.7. The fraction of sp³-hybridized carbons (Fsp3) is 0.348. The Morgan fingerprint density at radius 1 is 1.17 bits per heavy atom. The summed E-state index contributed by atoms with van der Waals surface area (Å²) in [7, 11) is 5.55. The van der Waals surface area contributed by atoms with Gasteiger partial charge in [-0.2, -0.15) is 0 Å². The van der Waals surface area contributed by atoms with Gasteiger partial charge in [0.2, 0.25) is 11.7 Å². The maximum Gasteiger partial charge on any atom is 0.246 e. The average Bonchev–Trinajstić information content (AvgIpc) is 2.74. The van der Waals surface area contributed by atoms with Gasteiger partial charge in [0.15, 0.2) is 11.5 Å². The predicted molar refractivity (Wildman–Crippen MR) is 118 cm³/mol. The lowest BCUT2D eigenvalue weighted by molar-refractivity contribution is -0.126. The van der Waals surface area contributed by atoms with Crippen LogP contribution >= 0.6 is 11.6 Å². The van der Waals surface area contributed by atoms with Crippen LogP contribution in [0.2, 0.25) is 5.02 Å². The molecule has 0 radical (unpaired) electrons. The van der Waals surface area contributed by atoms with Crippen LogP contribution in [-0.4, -0.2) is 63.2 Å². The summed E-state index contributed by atoms with van der Waals surface area (Å²) in [4.78, 5) is 16.8. The molecule has 2 aromatic carbocycles. The van der Waals surface area contributed by atoms with E-state index in [4.69, 9.17) is 25.8 Å². The van der Waals surface area contributed by atoms with Gasteiger partial charge in [0.25, 0.3) is 0 Å². The lowest BCUT2D eigenvalue weighted by Crippen LogP contribution is -2.35. The average molecular weight is 431 g/mol. The van der Waals surface area contributed by atoms with Crippen molar-refractivity contribution in [3.05, 3.63) is 58.6 Å². The molecule has 0 saturated heterocycles. The number of ether oxygens (including phenoxy) is 3. The molecule has 0 spiro atoms. The van der Waals surface area contributed by atoms with Crippen molar-refractivity contribution in [2.24, 2.45) is 0 Å². The molecule has 0 saturated carbocycles. The zero-order valence-corrected chi connectivity index (χ0v) is 18.3. The highest BCUT2D eigenvalue weighted by Crippen LogP contribution is 2.40.